The van der Waals surface area contributed by atoms with Crippen molar-refractivity contribution in [3.63, 3.8) is 0 Å². The van der Waals surface area contributed by atoms with Crippen molar-refractivity contribution in [2.24, 2.45) is 0 Å². The Morgan fingerprint density at radius 3 is 2.30 bits per heavy atom. The average Bonchev–Trinajstić information content (AvgIpc) is 2.78. The van der Waals surface area contributed by atoms with Crippen molar-refractivity contribution in [3.05, 3.63) is 78.4 Å². The van der Waals surface area contributed by atoms with E-state index in [0.717, 1.165) is 5.69 Å². The van der Waals surface area contributed by atoms with Crippen molar-refractivity contribution < 1.29 is 23.8 Å². The van der Waals surface area contributed by atoms with Gasteiger partial charge in [-0.15, -0.1) is 0 Å². The number of para-hydroxylation sites is 2. The van der Waals surface area contributed by atoms with Crippen LogP contribution in [0.1, 0.15) is 10.4 Å². The van der Waals surface area contributed by atoms with Gasteiger partial charge in [0.15, 0.2) is 6.61 Å². The van der Waals surface area contributed by atoms with Crippen molar-refractivity contribution in [2.75, 3.05) is 31.5 Å². The van der Waals surface area contributed by atoms with Gasteiger partial charge >= 0.3 is 5.97 Å². The van der Waals surface area contributed by atoms with E-state index < -0.39 is 18.5 Å². The largest absolute Gasteiger partial charge is 0.497 e. The summed E-state index contributed by atoms with van der Waals surface area (Å²) in [6.45, 7) is -0.437. The SMILES string of the molecule is COc1ccc(NC(=O)COC(=O)c2ccccc2Nc2ccccc2)c(OC)c1. The summed E-state index contributed by atoms with van der Waals surface area (Å²) >= 11 is 0. The van der Waals surface area contributed by atoms with Crippen molar-refractivity contribution >= 4 is 28.9 Å². The standard InChI is InChI=1S/C23H22N2O5/c1-28-17-12-13-20(21(14-17)29-2)25-22(26)15-30-23(27)18-10-6-7-11-19(18)24-16-8-4-3-5-9-16/h3-14,24H,15H2,1-2H3,(H,25,26). The molecule has 0 unspecified atom stereocenters. The molecule has 0 aromatic heterocycles. The van der Waals surface area contributed by atoms with E-state index >= 15 is 0 Å². The topological polar surface area (TPSA) is 85.9 Å². The molecule has 3 rings (SSSR count). The first-order chi connectivity index (χ1) is 14.6. The van der Waals surface area contributed by atoms with Crippen LogP contribution in [0.5, 0.6) is 11.5 Å². The van der Waals surface area contributed by atoms with Crippen molar-refractivity contribution in [3.8, 4) is 11.5 Å². The van der Waals surface area contributed by atoms with E-state index in [1.54, 1.807) is 36.4 Å². The second-order valence-electron chi connectivity index (χ2n) is 6.23. The van der Waals surface area contributed by atoms with E-state index in [0.29, 0.717) is 28.4 Å². The van der Waals surface area contributed by atoms with Gasteiger partial charge in [-0.3, -0.25) is 4.79 Å². The van der Waals surface area contributed by atoms with Crippen LogP contribution in [0.4, 0.5) is 17.1 Å². The molecule has 7 nitrogen and oxygen atoms in total. The molecule has 0 radical (unpaired) electrons. The van der Waals surface area contributed by atoms with E-state index in [2.05, 4.69) is 10.6 Å². The highest BCUT2D eigenvalue weighted by atomic mass is 16.5. The van der Waals surface area contributed by atoms with Gasteiger partial charge in [0.05, 0.1) is 31.2 Å². The Kier molecular flexibility index (Phi) is 6.89. The molecule has 154 valence electrons. The maximum absolute atomic E-state index is 12.5. The van der Waals surface area contributed by atoms with Gasteiger partial charge in [-0.1, -0.05) is 30.3 Å². The fourth-order valence-corrected chi connectivity index (χ4v) is 2.74. The van der Waals surface area contributed by atoms with Crippen LogP contribution in [0, 0.1) is 0 Å². The molecule has 0 fully saturated rings. The first kappa shape index (κ1) is 20.7. The molecule has 3 aromatic rings. The fourth-order valence-electron chi connectivity index (χ4n) is 2.74. The number of esters is 1. The van der Waals surface area contributed by atoms with Gasteiger partial charge in [0.2, 0.25) is 0 Å². The van der Waals surface area contributed by atoms with Gasteiger partial charge in [-0.2, -0.15) is 0 Å². The molecule has 2 N–H and O–H groups in total. The minimum atomic E-state index is -0.606. The van der Waals surface area contributed by atoms with Gasteiger partial charge in [-0.05, 0) is 36.4 Å². The maximum atomic E-state index is 12.5. The van der Waals surface area contributed by atoms with Crippen LogP contribution in [0.3, 0.4) is 0 Å². The number of ether oxygens (including phenoxy) is 3. The van der Waals surface area contributed by atoms with Crippen LogP contribution in [0.2, 0.25) is 0 Å². The summed E-state index contributed by atoms with van der Waals surface area (Å²) in [6.07, 6.45) is 0. The number of carbonyl (C=O) groups excluding carboxylic acids is 2. The highest BCUT2D eigenvalue weighted by molar-refractivity contribution is 5.99. The first-order valence-corrected chi connectivity index (χ1v) is 9.21. The molecule has 0 aliphatic rings. The number of hydrogen-bond acceptors (Lipinski definition) is 6. The molecule has 1 amide bonds. The van der Waals surface area contributed by atoms with Crippen LogP contribution in [0.15, 0.2) is 72.8 Å². The van der Waals surface area contributed by atoms with E-state index in [-0.39, 0.29) is 0 Å². The number of carbonyl (C=O) groups is 2. The molecule has 7 heteroatoms. The number of amides is 1. The number of benzene rings is 3. The highest BCUT2D eigenvalue weighted by Gasteiger charge is 2.15. The molecule has 30 heavy (non-hydrogen) atoms. The Morgan fingerprint density at radius 1 is 0.833 bits per heavy atom. The van der Waals surface area contributed by atoms with Gasteiger partial charge < -0.3 is 24.8 Å². The number of rotatable bonds is 8. The number of methoxy groups -OCH3 is 2. The molecular formula is C23H22N2O5. The number of anilines is 3. The fraction of sp³-hybridized carbons (Fsp3) is 0.130. The predicted molar refractivity (Wildman–Crippen MR) is 115 cm³/mol. The summed E-state index contributed by atoms with van der Waals surface area (Å²) in [5, 5.41) is 5.84. The zero-order valence-electron chi connectivity index (χ0n) is 16.7. The van der Waals surface area contributed by atoms with Gasteiger partial charge in [0.1, 0.15) is 11.5 Å². The Balaban J connectivity index is 1.63. The molecule has 0 aliphatic heterocycles. The summed E-state index contributed by atoms with van der Waals surface area (Å²) < 4.78 is 15.6. The lowest BCUT2D eigenvalue weighted by molar-refractivity contribution is -0.119. The summed E-state index contributed by atoms with van der Waals surface area (Å²) in [7, 11) is 3.03. The minimum absolute atomic E-state index is 0.330. The Bertz CT molecular complexity index is 1020. The summed E-state index contributed by atoms with van der Waals surface area (Å²) in [5.74, 6) is -0.0589. The Morgan fingerprint density at radius 2 is 1.57 bits per heavy atom. The van der Waals surface area contributed by atoms with Crippen LogP contribution in [-0.4, -0.2) is 32.7 Å². The Labute approximate surface area is 174 Å². The average molecular weight is 406 g/mol. The molecule has 0 saturated heterocycles. The van der Waals surface area contributed by atoms with Gasteiger partial charge in [0, 0.05) is 11.8 Å². The number of nitrogens with one attached hydrogen (secondary N) is 2. The summed E-state index contributed by atoms with van der Waals surface area (Å²) in [4.78, 5) is 24.8. The van der Waals surface area contributed by atoms with Crippen molar-refractivity contribution in [1.82, 2.24) is 0 Å². The molecule has 0 saturated carbocycles. The van der Waals surface area contributed by atoms with Gasteiger partial charge in [0.25, 0.3) is 5.91 Å². The summed E-state index contributed by atoms with van der Waals surface area (Å²) in [5.41, 5.74) is 2.20. The smallest absolute Gasteiger partial charge is 0.340 e. The molecule has 3 aromatic carbocycles. The first-order valence-electron chi connectivity index (χ1n) is 9.21. The van der Waals surface area contributed by atoms with Crippen LogP contribution in [0.25, 0.3) is 0 Å². The highest BCUT2D eigenvalue weighted by Crippen LogP contribution is 2.29. The third-order valence-corrected chi connectivity index (χ3v) is 4.22. The lowest BCUT2D eigenvalue weighted by atomic mass is 10.1. The monoisotopic (exact) mass is 406 g/mol. The van der Waals surface area contributed by atoms with E-state index in [1.165, 1.54) is 14.2 Å². The lowest BCUT2D eigenvalue weighted by Gasteiger charge is -2.13. The van der Waals surface area contributed by atoms with Crippen molar-refractivity contribution in [2.45, 2.75) is 0 Å². The minimum Gasteiger partial charge on any atom is -0.497 e. The normalized spacial score (nSPS) is 10.1. The molecular weight excluding hydrogens is 384 g/mol. The number of hydrogen-bond donors (Lipinski definition) is 2. The molecule has 0 atom stereocenters. The second kappa shape index (κ2) is 9.97. The van der Waals surface area contributed by atoms with Crippen molar-refractivity contribution in [1.29, 1.82) is 0 Å². The quantitative estimate of drug-likeness (QED) is 0.544. The van der Waals surface area contributed by atoms with E-state index in [4.69, 9.17) is 14.2 Å². The molecule has 0 bridgehead atoms. The third-order valence-electron chi connectivity index (χ3n) is 4.22. The van der Waals surface area contributed by atoms with Gasteiger partial charge in [-0.25, -0.2) is 4.79 Å². The van der Waals surface area contributed by atoms with Crippen LogP contribution < -0.4 is 20.1 Å². The lowest BCUT2D eigenvalue weighted by Crippen LogP contribution is -2.21. The summed E-state index contributed by atoms with van der Waals surface area (Å²) in [6, 6.07) is 21.4. The zero-order chi connectivity index (χ0) is 21.3. The third kappa shape index (κ3) is 5.29. The van der Waals surface area contributed by atoms with Crippen LogP contribution >= 0.6 is 0 Å². The molecule has 0 heterocycles. The molecule has 0 spiro atoms. The zero-order valence-corrected chi connectivity index (χ0v) is 16.7. The maximum Gasteiger partial charge on any atom is 0.340 e. The van der Waals surface area contributed by atoms with E-state index in [1.807, 2.05) is 36.4 Å². The Hall–Kier alpha value is -4.00. The van der Waals surface area contributed by atoms with E-state index in [9.17, 15) is 9.59 Å². The van der Waals surface area contributed by atoms with Crippen LogP contribution in [-0.2, 0) is 9.53 Å². The second-order valence-corrected chi connectivity index (χ2v) is 6.23. The molecule has 0 aliphatic carbocycles. The predicted octanol–water partition coefficient (Wildman–Crippen LogP) is 4.24.